The molecule has 5 atom stereocenters. The van der Waals surface area contributed by atoms with Crippen LogP contribution in [0.3, 0.4) is 0 Å². The quantitative estimate of drug-likeness (QED) is 0.736. The number of rotatable bonds is 1. The molecule has 2 aliphatic rings. The average molecular weight is 224 g/mol. The maximum atomic E-state index is 3.59. The number of hydrogen-bond donors (Lipinski definition) is 1. The largest absolute Gasteiger partial charge is 0.311 e. The van der Waals surface area contributed by atoms with Gasteiger partial charge in [-0.2, -0.15) is 0 Å². The van der Waals surface area contributed by atoms with E-state index in [1.54, 1.807) is 0 Å². The molecule has 1 saturated carbocycles. The zero-order chi connectivity index (χ0) is 11.7. The van der Waals surface area contributed by atoms with Gasteiger partial charge >= 0.3 is 0 Å². The summed E-state index contributed by atoms with van der Waals surface area (Å²) in [5.74, 6) is 1.82. The van der Waals surface area contributed by atoms with Crippen molar-refractivity contribution in [3.63, 3.8) is 0 Å². The summed E-state index contributed by atoms with van der Waals surface area (Å²) in [4.78, 5) is 2.78. The van der Waals surface area contributed by atoms with Crippen LogP contribution >= 0.6 is 0 Å². The van der Waals surface area contributed by atoms with Gasteiger partial charge in [-0.15, -0.1) is 0 Å². The fourth-order valence-electron chi connectivity index (χ4n) is 3.48. The molecule has 1 N–H and O–H groups in total. The first-order valence-electron chi connectivity index (χ1n) is 7.07. The molecule has 1 heterocycles. The highest BCUT2D eigenvalue weighted by Crippen LogP contribution is 2.33. The van der Waals surface area contributed by atoms with Crippen LogP contribution in [0, 0.1) is 11.8 Å². The van der Waals surface area contributed by atoms with Crippen molar-refractivity contribution in [3.8, 4) is 0 Å². The van der Waals surface area contributed by atoms with Gasteiger partial charge in [0.1, 0.15) is 0 Å². The number of nitrogens with one attached hydrogen (secondary N) is 1. The predicted octanol–water partition coefficient (Wildman–Crippen LogP) is 2.49. The third-order valence-electron chi connectivity index (χ3n) is 4.65. The van der Waals surface area contributed by atoms with E-state index in [0.29, 0.717) is 12.1 Å². The van der Waals surface area contributed by atoms with Crippen LogP contribution < -0.4 is 5.32 Å². The number of nitrogens with zero attached hydrogens (tertiary/aromatic N) is 1. The molecule has 2 rings (SSSR count). The van der Waals surface area contributed by atoms with E-state index in [1.165, 1.54) is 32.4 Å². The Bertz CT molecular complexity index is 205. The van der Waals surface area contributed by atoms with Crippen LogP contribution in [-0.4, -0.2) is 36.1 Å². The smallest absolute Gasteiger partial charge is 0.0196 e. The van der Waals surface area contributed by atoms with Crippen molar-refractivity contribution in [1.29, 1.82) is 0 Å². The molecular weight excluding hydrogens is 196 g/mol. The summed E-state index contributed by atoms with van der Waals surface area (Å²) in [6.45, 7) is 12.0. The van der Waals surface area contributed by atoms with Gasteiger partial charge in [-0.25, -0.2) is 0 Å². The minimum atomic E-state index is 0.667. The summed E-state index contributed by atoms with van der Waals surface area (Å²) in [5.41, 5.74) is 0. The van der Waals surface area contributed by atoms with Gasteiger partial charge in [0, 0.05) is 31.2 Å². The second kappa shape index (κ2) is 5.05. The Balaban J connectivity index is 2.02. The summed E-state index contributed by atoms with van der Waals surface area (Å²) < 4.78 is 0. The van der Waals surface area contributed by atoms with E-state index in [9.17, 15) is 0 Å². The van der Waals surface area contributed by atoms with E-state index in [-0.39, 0.29) is 0 Å². The second-order valence-electron chi connectivity index (χ2n) is 6.32. The zero-order valence-corrected chi connectivity index (χ0v) is 11.4. The summed E-state index contributed by atoms with van der Waals surface area (Å²) in [5, 5.41) is 3.59. The first kappa shape index (κ1) is 12.4. The maximum absolute atomic E-state index is 3.59. The van der Waals surface area contributed by atoms with E-state index >= 15 is 0 Å². The highest BCUT2D eigenvalue weighted by Gasteiger charge is 2.34. The minimum absolute atomic E-state index is 0.667. The lowest BCUT2D eigenvalue weighted by Crippen LogP contribution is -2.59. The molecule has 5 unspecified atom stereocenters. The van der Waals surface area contributed by atoms with Gasteiger partial charge in [0.25, 0.3) is 0 Å². The van der Waals surface area contributed by atoms with Crippen LogP contribution in [0.25, 0.3) is 0 Å². The van der Waals surface area contributed by atoms with Crippen LogP contribution in [0.2, 0.25) is 0 Å². The van der Waals surface area contributed by atoms with Gasteiger partial charge in [-0.05, 0) is 38.5 Å². The van der Waals surface area contributed by atoms with Gasteiger partial charge in [-0.3, -0.25) is 4.90 Å². The van der Waals surface area contributed by atoms with Gasteiger partial charge < -0.3 is 5.32 Å². The molecule has 1 aliphatic heterocycles. The van der Waals surface area contributed by atoms with Crippen LogP contribution in [0.1, 0.15) is 47.0 Å². The first-order valence-corrected chi connectivity index (χ1v) is 7.07. The summed E-state index contributed by atoms with van der Waals surface area (Å²) in [7, 11) is 0. The van der Waals surface area contributed by atoms with Crippen molar-refractivity contribution in [1.82, 2.24) is 10.2 Å². The molecule has 94 valence electrons. The fourth-order valence-corrected chi connectivity index (χ4v) is 3.48. The molecule has 16 heavy (non-hydrogen) atoms. The third kappa shape index (κ3) is 2.60. The van der Waals surface area contributed by atoms with Crippen molar-refractivity contribution >= 4 is 0 Å². The van der Waals surface area contributed by atoms with Gasteiger partial charge in [-0.1, -0.05) is 20.3 Å². The van der Waals surface area contributed by atoms with Crippen molar-refractivity contribution < 1.29 is 0 Å². The molecule has 0 aromatic carbocycles. The summed E-state index contributed by atoms with van der Waals surface area (Å²) in [6, 6.07) is 2.22. The molecule has 0 aromatic heterocycles. The van der Waals surface area contributed by atoms with Gasteiger partial charge in [0.2, 0.25) is 0 Å². The molecular formula is C14H28N2. The van der Waals surface area contributed by atoms with E-state index in [2.05, 4.69) is 37.9 Å². The standard InChI is InChI=1S/C14H28N2/c1-10-5-6-11(2)14(7-10)16-9-12(3)15-8-13(16)4/h10-15H,5-9H2,1-4H3. The maximum Gasteiger partial charge on any atom is 0.0196 e. The van der Waals surface area contributed by atoms with Crippen molar-refractivity contribution in [2.24, 2.45) is 11.8 Å². The summed E-state index contributed by atoms with van der Waals surface area (Å²) in [6.07, 6.45) is 4.28. The molecule has 1 saturated heterocycles. The highest BCUT2D eigenvalue weighted by atomic mass is 15.3. The predicted molar refractivity (Wildman–Crippen MR) is 69.6 cm³/mol. The first-order chi connectivity index (χ1) is 7.58. The molecule has 0 aromatic rings. The SMILES string of the molecule is CC1CCC(C)C(N2CC(C)NCC2C)C1. The average Bonchev–Trinajstić information content (AvgIpc) is 2.25. The lowest BCUT2D eigenvalue weighted by atomic mass is 9.78. The Morgan fingerprint density at radius 2 is 1.81 bits per heavy atom. The Labute approximate surface area is 101 Å². The monoisotopic (exact) mass is 224 g/mol. The molecule has 2 heteroatoms. The van der Waals surface area contributed by atoms with Crippen molar-refractivity contribution in [3.05, 3.63) is 0 Å². The second-order valence-corrected chi connectivity index (χ2v) is 6.32. The Morgan fingerprint density at radius 1 is 1.06 bits per heavy atom. The van der Waals surface area contributed by atoms with Crippen LogP contribution in [0.4, 0.5) is 0 Å². The van der Waals surface area contributed by atoms with Crippen LogP contribution in [-0.2, 0) is 0 Å². The zero-order valence-electron chi connectivity index (χ0n) is 11.4. The Kier molecular flexibility index (Phi) is 3.91. The molecule has 0 bridgehead atoms. The van der Waals surface area contributed by atoms with E-state index in [4.69, 9.17) is 0 Å². The molecule has 0 radical (unpaired) electrons. The molecule has 2 nitrogen and oxygen atoms in total. The van der Waals surface area contributed by atoms with E-state index in [0.717, 1.165) is 17.9 Å². The third-order valence-corrected chi connectivity index (χ3v) is 4.65. The van der Waals surface area contributed by atoms with Gasteiger partial charge in [0.15, 0.2) is 0 Å². The molecule has 0 amide bonds. The topological polar surface area (TPSA) is 15.3 Å². The van der Waals surface area contributed by atoms with Gasteiger partial charge in [0.05, 0.1) is 0 Å². The van der Waals surface area contributed by atoms with E-state index in [1.807, 2.05) is 0 Å². The Hall–Kier alpha value is -0.0800. The van der Waals surface area contributed by atoms with Crippen molar-refractivity contribution in [2.75, 3.05) is 13.1 Å². The molecule has 1 aliphatic carbocycles. The van der Waals surface area contributed by atoms with Crippen LogP contribution in [0.5, 0.6) is 0 Å². The van der Waals surface area contributed by atoms with E-state index < -0.39 is 0 Å². The highest BCUT2D eigenvalue weighted by molar-refractivity contribution is 4.91. The lowest BCUT2D eigenvalue weighted by Gasteiger charge is -2.47. The lowest BCUT2D eigenvalue weighted by molar-refractivity contribution is 0.0326. The Morgan fingerprint density at radius 3 is 2.56 bits per heavy atom. The van der Waals surface area contributed by atoms with Crippen LogP contribution in [0.15, 0.2) is 0 Å². The molecule has 2 fully saturated rings. The number of piperazine rings is 1. The molecule has 0 spiro atoms. The number of hydrogen-bond acceptors (Lipinski definition) is 2. The normalized spacial score (nSPS) is 46.9. The summed E-state index contributed by atoms with van der Waals surface area (Å²) >= 11 is 0. The van der Waals surface area contributed by atoms with Crippen molar-refractivity contribution in [2.45, 2.75) is 65.1 Å². The minimum Gasteiger partial charge on any atom is -0.311 e. The fraction of sp³-hybridized carbons (Fsp3) is 1.00.